The summed E-state index contributed by atoms with van der Waals surface area (Å²) in [6.45, 7) is 5.83. The van der Waals surface area contributed by atoms with Crippen LogP contribution >= 0.6 is 0 Å². The van der Waals surface area contributed by atoms with Crippen LogP contribution in [0, 0.1) is 0 Å². The van der Waals surface area contributed by atoms with Gasteiger partial charge in [-0.3, -0.25) is 4.79 Å². The summed E-state index contributed by atoms with van der Waals surface area (Å²) in [5.41, 5.74) is 1.33. The minimum atomic E-state index is -0.840. The van der Waals surface area contributed by atoms with Gasteiger partial charge in [0.15, 0.2) is 11.6 Å². The number of hydrogen-bond donors (Lipinski definition) is 0. The Bertz CT molecular complexity index is 573. The van der Waals surface area contributed by atoms with Gasteiger partial charge >= 0.3 is 0 Å². The highest BCUT2D eigenvalue weighted by Gasteiger charge is 2.52. The van der Waals surface area contributed by atoms with Crippen molar-refractivity contribution in [3.63, 3.8) is 0 Å². The average molecular weight is 274 g/mol. The smallest absolute Gasteiger partial charge is 0.240 e. The number of ether oxygens (including phenoxy) is 3. The Kier molecular flexibility index (Phi) is 2.96. The fourth-order valence-corrected chi connectivity index (χ4v) is 2.70. The minimum absolute atomic E-state index is 0.00622. The molecule has 0 N–H and O–H groups in total. The zero-order valence-electron chi connectivity index (χ0n) is 11.9. The summed E-state index contributed by atoms with van der Waals surface area (Å²) in [7, 11) is 0. The zero-order valence-corrected chi connectivity index (χ0v) is 11.9. The number of rotatable bonds is 2. The number of carbonyl (C=O) groups is 1. The molecule has 1 atom stereocenters. The normalized spacial score (nSPS) is 27.9. The van der Waals surface area contributed by atoms with Gasteiger partial charge in [-0.2, -0.15) is 0 Å². The molecule has 0 saturated carbocycles. The predicted molar refractivity (Wildman–Crippen MR) is 73.0 cm³/mol. The summed E-state index contributed by atoms with van der Waals surface area (Å²) in [5, 5.41) is 0. The van der Waals surface area contributed by atoms with Crippen LogP contribution in [0.5, 0.6) is 0 Å². The van der Waals surface area contributed by atoms with Gasteiger partial charge in [-0.15, -0.1) is 0 Å². The number of carbonyl (C=O) groups excluding carboxylic acids is 1. The van der Waals surface area contributed by atoms with Crippen LogP contribution in [0.4, 0.5) is 0 Å². The van der Waals surface area contributed by atoms with Crippen LogP contribution in [0.25, 0.3) is 0 Å². The van der Waals surface area contributed by atoms with E-state index in [9.17, 15) is 4.79 Å². The highest BCUT2D eigenvalue weighted by molar-refractivity contribution is 6.09. The Hall–Kier alpha value is -1.65. The average Bonchev–Trinajstić information content (AvgIpc) is 2.89. The second-order valence-electron chi connectivity index (χ2n) is 5.71. The first-order valence-corrected chi connectivity index (χ1v) is 6.73. The Morgan fingerprint density at radius 3 is 2.50 bits per heavy atom. The number of allylic oxidation sites excluding steroid dienone is 1. The maximum absolute atomic E-state index is 12.5. The third-order valence-corrected chi connectivity index (χ3v) is 3.59. The van der Waals surface area contributed by atoms with Gasteiger partial charge in [0.25, 0.3) is 0 Å². The SMILES string of the molecule is CC1=C(C(=O)c2ccccc2)CC2(COC(C)(C)O2)O1. The topological polar surface area (TPSA) is 44.8 Å². The van der Waals surface area contributed by atoms with Crippen LogP contribution in [-0.4, -0.2) is 24.0 Å². The molecule has 0 aliphatic carbocycles. The molecule has 20 heavy (non-hydrogen) atoms. The van der Waals surface area contributed by atoms with E-state index >= 15 is 0 Å². The molecule has 106 valence electrons. The first-order chi connectivity index (χ1) is 9.41. The van der Waals surface area contributed by atoms with Crippen molar-refractivity contribution < 1.29 is 19.0 Å². The van der Waals surface area contributed by atoms with Gasteiger partial charge in [-0.1, -0.05) is 30.3 Å². The van der Waals surface area contributed by atoms with Gasteiger partial charge < -0.3 is 14.2 Å². The summed E-state index contributed by atoms with van der Waals surface area (Å²) in [6.07, 6.45) is 0.427. The van der Waals surface area contributed by atoms with Crippen molar-refractivity contribution in [2.45, 2.75) is 38.8 Å². The maximum Gasteiger partial charge on any atom is 0.240 e. The second-order valence-corrected chi connectivity index (χ2v) is 5.71. The summed E-state index contributed by atoms with van der Waals surface area (Å²) in [5.74, 6) is -0.896. The molecule has 2 aliphatic heterocycles. The minimum Gasteiger partial charge on any atom is -0.464 e. The molecule has 2 aliphatic rings. The van der Waals surface area contributed by atoms with Crippen LogP contribution in [-0.2, 0) is 14.2 Å². The van der Waals surface area contributed by atoms with Crippen LogP contribution in [0.15, 0.2) is 41.7 Å². The van der Waals surface area contributed by atoms with Crippen molar-refractivity contribution >= 4 is 5.78 Å². The largest absolute Gasteiger partial charge is 0.464 e. The first-order valence-electron chi connectivity index (χ1n) is 6.73. The van der Waals surface area contributed by atoms with E-state index in [1.165, 1.54) is 0 Å². The van der Waals surface area contributed by atoms with Crippen molar-refractivity contribution in [2.24, 2.45) is 0 Å². The van der Waals surface area contributed by atoms with Gasteiger partial charge in [0, 0.05) is 17.6 Å². The van der Waals surface area contributed by atoms with Crippen molar-refractivity contribution in [2.75, 3.05) is 6.61 Å². The molecule has 2 heterocycles. The van der Waals surface area contributed by atoms with Crippen molar-refractivity contribution in [1.29, 1.82) is 0 Å². The van der Waals surface area contributed by atoms with E-state index in [1.807, 2.05) is 44.2 Å². The van der Waals surface area contributed by atoms with Crippen LogP contribution < -0.4 is 0 Å². The molecule has 0 radical (unpaired) electrons. The molecule has 1 aromatic rings. The molecule has 1 aromatic carbocycles. The maximum atomic E-state index is 12.5. The third kappa shape index (κ3) is 2.25. The molecule has 1 unspecified atom stereocenters. The molecule has 0 bridgehead atoms. The fourth-order valence-electron chi connectivity index (χ4n) is 2.70. The molecule has 1 fully saturated rings. The van der Waals surface area contributed by atoms with Crippen molar-refractivity contribution in [3.05, 3.63) is 47.2 Å². The molecular formula is C16H18O4. The van der Waals surface area contributed by atoms with E-state index in [1.54, 1.807) is 6.92 Å². The molecule has 3 rings (SSSR count). The molecule has 1 spiro atoms. The molecule has 4 nitrogen and oxygen atoms in total. The van der Waals surface area contributed by atoms with Crippen LogP contribution in [0.3, 0.4) is 0 Å². The summed E-state index contributed by atoms with van der Waals surface area (Å²) >= 11 is 0. The van der Waals surface area contributed by atoms with E-state index in [0.29, 0.717) is 29.9 Å². The van der Waals surface area contributed by atoms with Gasteiger partial charge in [-0.05, 0) is 20.8 Å². The highest BCUT2D eigenvalue weighted by Crippen LogP contribution is 2.43. The molecular weight excluding hydrogens is 256 g/mol. The first kappa shape index (κ1) is 13.3. The van der Waals surface area contributed by atoms with Crippen molar-refractivity contribution in [1.82, 2.24) is 0 Å². The summed E-state index contributed by atoms with van der Waals surface area (Å²) in [6, 6.07) is 9.22. The highest BCUT2D eigenvalue weighted by atomic mass is 16.8. The lowest BCUT2D eigenvalue weighted by atomic mass is 9.98. The lowest BCUT2D eigenvalue weighted by Crippen LogP contribution is -2.34. The summed E-state index contributed by atoms with van der Waals surface area (Å²) in [4.78, 5) is 12.5. The monoisotopic (exact) mass is 274 g/mol. The van der Waals surface area contributed by atoms with Gasteiger partial charge in [-0.25, -0.2) is 0 Å². The number of ketones is 1. The molecule has 0 aromatic heterocycles. The summed E-state index contributed by atoms with van der Waals surface area (Å²) < 4.78 is 17.2. The third-order valence-electron chi connectivity index (χ3n) is 3.59. The number of hydrogen-bond acceptors (Lipinski definition) is 4. The molecule has 0 amide bonds. The molecule has 4 heteroatoms. The predicted octanol–water partition coefficient (Wildman–Crippen LogP) is 3.04. The second kappa shape index (κ2) is 4.43. The standard InChI is InChI=1S/C16H18O4/c1-11-13(14(17)12-7-5-4-6-8-12)9-16(19-11)10-18-15(2,3)20-16/h4-8H,9-10H2,1-3H3. The Morgan fingerprint density at radius 2 is 1.90 bits per heavy atom. The van der Waals surface area contributed by atoms with Crippen LogP contribution in [0.1, 0.15) is 37.6 Å². The van der Waals surface area contributed by atoms with E-state index in [0.717, 1.165) is 0 Å². The Balaban J connectivity index is 1.83. The lowest BCUT2D eigenvalue weighted by molar-refractivity contribution is -0.228. The fraction of sp³-hybridized carbons (Fsp3) is 0.438. The molecule has 1 saturated heterocycles. The van der Waals surface area contributed by atoms with Gasteiger partial charge in [0.2, 0.25) is 5.79 Å². The number of Topliss-reactive ketones (excluding diaryl/α,β-unsaturated/α-hetero) is 1. The Labute approximate surface area is 118 Å². The van der Waals surface area contributed by atoms with E-state index < -0.39 is 11.6 Å². The van der Waals surface area contributed by atoms with Gasteiger partial charge in [0.05, 0.1) is 0 Å². The number of benzene rings is 1. The lowest BCUT2D eigenvalue weighted by Gasteiger charge is -2.24. The van der Waals surface area contributed by atoms with Crippen molar-refractivity contribution in [3.8, 4) is 0 Å². The van der Waals surface area contributed by atoms with E-state index in [-0.39, 0.29) is 5.78 Å². The van der Waals surface area contributed by atoms with Crippen LogP contribution in [0.2, 0.25) is 0 Å². The van der Waals surface area contributed by atoms with Gasteiger partial charge in [0.1, 0.15) is 12.4 Å². The Morgan fingerprint density at radius 1 is 1.20 bits per heavy atom. The zero-order chi connectivity index (χ0) is 14.4. The van der Waals surface area contributed by atoms with E-state index in [2.05, 4.69) is 0 Å². The quantitative estimate of drug-likeness (QED) is 0.778. The van der Waals surface area contributed by atoms with E-state index in [4.69, 9.17) is 14.2 Å².